The Kier molecular flexibility index (Phi) is 8.13. The number of carbonyl (C=O) groups excluding carboxylic acids is 1. The highest BCUT2D eigenvalue weighted by molar-refractivity contribution is 5.92. The zero-order chi connectivity index (χ0) is 25.5. The van der Waals surface area contributed by atoms with E-state index in [2.05, 4.69) is 32.8 Å². The fraction of sp³-hybridized carbons (Fsp3) is 0.385. The summed E-state index contributed by atoms with van der Waals surface area (Å²) in [5.41, 5.74) is 2.09. The highest BCUT2D eigenvalue weighted by atomic mass is 19.3. The van der Waals surface area contributed by atoms with Crippen molar-refractivity contribution in [3.8, 4) is 11.8 Å². The molecule has 1 aliphatic rings. The van der Waals surface area contributed by atoms with Crippen molar-refractivity contribution in [1.82, 2.24) is 20.2 Å². The van der Waals surface area contributed by atoms with Crippen LogP contribution in [0.5, 0.6) is 0 Å². The van der Waals surface area contributed by atoms with E-state index < -0.39 is 12.7 Å². The van der Waals surface area contributed by atoms with E-state index in [9.17, 15) is 18.0 Å². The molecule has 3 N–H and O–H groups in total. The maximum absolute atomic E-state index is 14.5. The maximum Gasteiger partial charge on any atom is 0.358 e. The number of halogens is 3. The molecular formula is C26H28F3N5O2. The predicted octanol–water partition coefficient (Wildman–Crippen LogP) is 3.65. The second-order valence-electron chi connectivity index (χ2n) is 8.49. The van der Waals surface area contributed by atoms with E-state index in [1.165, 1.54) is 13.2 Å². The number of pyridine rings is 1. The van der Waals surface area contributed by atoms with Gasteiger partial charge in [-0.15, -0.1) is 0 Å². The number of hydrogen-bond donors (Lipinski definition) is 3. The van der Waals surface area contributed by atoms with E-state index in [0.717, 1.165) is 31.6 Å². The van der Waals surface area contributed by atoms with E-state index in [1.807, 2.05) is 6.07 Å². The van der Waals surface area contributed by atoms with Gasteiger partial charge in [0.15, 0.2) is 6.67 Å². The molecule has 1 aliphatic heterocycles. The van der Waals surface area contributed by atoms with Crippen LogP contribution in [0.1, 0.15) is 34.6 Å². The fourth-order valence-corrected chi connectivity index (χ4v) is 4.08. The monoisotopic (exact) mass is 499 g/mol. The Morgan fingerprint density at radius 3 is 2.72 bits per heavy atom. The topological polar surface area (TPSA) is 80.2 Å². The van der Waals surface area contributed by atoms with Gasteiger partial charge in [0.25, 0.3) is 5.91 Å². The molecule has 1 aromatic carbocycles. The highest BCUT2D eigenvalue weighted by Gasteiger charge is 2.34. The first-order valence-corrected chi connectivity index (χ1v) is 11.7. The quantitative estimate of drug-likeness (QED) is 0.413. The summed E-state index contributed by atoms with van der Waals surface area (Å²) in [7, 11) is 1.52. The molecule has 0 spiro atoms. The Morgan fingerprint density at radius 1 is 1.22 bits per heavy atom. The third-order valence-electron chi connectivity index (χ3n) is 5.99. The Balaban J connectivity index is 1.50. The van der Waals surface area contributed by atoms with Crippen LogP contribution in [0.2, 0.25) is 0 Å². The summed E-state index contributed by atoms with van der Waals surface area (Å²) >= 11 is 0. The summed E-state index contributed by atoms with van der Waals surface area (Å²) in [6.45, 7) is 0.367. The van der Waals surface area contributed by atoms with Crippen LogP contribution in [0.4, 0.5) is 18.9 Å². The molecule has 0 unspecified atom stereocenters. The number of fused-ring (bicyclic) bond motifs is 1. The molecule has 0 bridgehead atoms. The van der Waals surface area contributed by atoms with Gasteiger partial charge >= 0.3 is 6.05 Å². The third kappa shape index (κ3) is 5.98. The van der Waals surface area contributed by atoms with Gasteiger partial charge in [0.2, 0.25) is 0 Å². The summed E-state index contributed by atoms with van der Waals surface area (Å²) in [5.74, 6) is 5.25. The molecule has 3 heterocycles. The average molecular weight is 500 g/mol. The lowest BCUT2D eigenvalue weighted by Gasteiger charge is -2.23. The minimum absolute atomic E-state index is 0.0251. The maximum atomic E-state index is 14.5. The number of alkyl halides is 3. The lowest BCUT2D eigenvalue weighted by molar-refractivity contribution is -0.0958. The molecule has 0 radical (unpaired) electrons. The van der Waals surface area contributed by atoms with Gasteiger partial charge in [-0.25, -0.2) is 9.37 Å². The SMILES string of the molecule is CNC(=O)c1ccc(NCC#Cc2cc3cc(CNC4CCOCC4)ccc3n2C(F)(F)CF)cn1. The van der Waals surface area contributed by atoms with Gasteiger partial charge in [0.05, 0.1) is 29.6 Å². The minimum Gasteiger partial charge on any atom is -0.381 e. The molecular weight excluding hydrogens is 471 g/mol. The van der Waals surface area contributed by atoms with Crippen molar-refractivity contribution in [1.29, 1.82) is 0 Å². The molecule has 0 atom stereocenters. The second-order valence-corrected chi connectivity index (χ2v) is 8.49. The van der Waals surface area contributed by atoms with Gasteiger partial charge in [0, 0.05) is 38.2 Å². The van der Waals surface area contributed by atoms with Crippen molar-refractivity contribution in [3.05, 3.63) is 59.5 Å². The van der Waals surface area contributed by atoms with Crippen LogP contribution < -0.4 is 16.0 Å². The van der Waals surface area contributed by atoms with Crippen LogP contribution in [-0.2, 0) is 17.3 Å². The van der Waals surface area contributed by atoms with Crippen molar-refractivity contribution < 1.29 is 22.7 Å². The zero-order valence-corrected chi connectivity index (χ0v) is 19.9. The lowest BCUT2D eigenvalue weighted by atomic mass is 10.1. The van der Waals surface area contributed by atoms with Gasteiger partial charge in [0.1, 0.15) is 5.69 Å². The van der Waals surface area contributed by atoms with Gasteiger partial charge in [-0.1, -0.05) is 12.0 Å². The number of hydrogen-bond acceptors (Lipinski definition) is 5. The molecule has 7 nitrogen and oxygen atoms in total. The third-order valence-corrected chi connectivity index (χ3v) is 5.99. The summed E-state index contributed by atoms with van der Waals surface area (Å²) in [5, 5.41) is 9.54. The first kappa shape index (κ1) is 25.5. The van der Waals surface area contributed by atoms with Gasteiger partial charge < -0.3 is 20.7 Å². The van der Waals surface area contributed by atoms with Crippen LogP contribution in [-0.4, -0.2) is 55.0 Å². The molecule has 36 heavy (non-hydrogen) atoms. The normalized spacial score (nSPS) is 14.3. The number of benzene rings is 1. The molecule has 1 fully saturated rings. The highest BCUT2D eigenvalue weighted by Crippen LogP contribution is 2.31. The summed E-state index contributed by atoms with van der Waals surface area (Å²) in [6, 6.07) is 6.61. The number of amides is 1. The number of rotatable bonds is 8. The molecule has 4 rings (SSSR count). The Labute approximate surface area is 207 Å². The Bertz CT molecular complexity index is 1260. The molecule has 10 heteroatoms. The van der Waals surface area contributed by atoms with Gasteiger partial charge in [-0.3, -0.25) is 9.36 Å². The standard InChI is InChI=1S/C26H28F3N5O2/c1-30-25(35)23-6-5-21(16-33-23)31-10-2-3-22-14-19-13-18(15-32-20-8-11-36-12-9-20)4-7-24(19)34(22)26(28,29)17-27/h4-7,13-14,16,20,31-32H,8-12,15,17H2,1H3,(H,30,35). The van der Waals surface area contributed by atoms with Crippen molar-refractivity contribution in [2.24, 2.45) is 0 Å². The number of carbonyl (C=O) groups is 1. The van der Waals surface area contributed by atoms with Crippen molar-refractivity contribution in [2.45, 2.75) is 31.5 Å². The summed E-state index contributed by atoms with van der Waals surface area (Å²) in [6.07, 6.45) is 3.35. The zero-order valence-electron chi connectivity index (χ0n) is 19.9. The number of ether oxygens (including phenoxy) is 1. The number of nitrogens with zero attached hydrogens (tertiary/aromatic N) is 2. The van der Waals surface area contributed by atoms with Crippen LogP contribution in [0.25, 0.3) is 10.9 Å². The lowest BCUT2D eigenvalue weighted by Crippen LogP contribution is -2.34. The largest absolute Gasteiger partial charge is 0.381 e. The van der Waals surface area contributed by atoms with E-state index in [0.29, 0.717) is 28.2 Å². The van der Waals surface area contributed by atoms with Crippen molar-refractivity contribution in [2.75, 3.05) is 38.8 Å². The molecule has 2 aromatic heterocycles. The van der Waals surface area contributed by atoms with Crippen molar-refractivity contribution in [3.63, 3.8) is 0 Å². The number of anilines is 1. The Hall–Kier alpha value is -3.55. The smallest absolute Gasteiger partial charge is 0.358 e. The summed E-state index contributed by atoms with van der Waals surface area (Å²) < 4.78 is 48.4. The molecule has 0 aliphatic carbocycles. The summed E-state index contributed by atoms with van der Waals surface area (Å²) in [4.78, 5) is 15.6. The fourth-order valence-electron chi connectivity index (χ4n) is 4.08. The van der Waals surface area contributed by atoms with Crippen molar-refractivity contribution >= 4 is 22.5 Å². The first-order valence-electron chi connectivity index (χ1n) is 11.7. The van der Waals surface area contributed by atoms with Crippen LogP contribution >= 0.6 is 0 Å². The van der Waals surface area contributed by atoms with Crippen LogP contribution in [0.3, 0.4) is 0 Å². The number of aromatic nitrogens is 2. The van der Waals surface area contributed by atoms with Crippen LogP contribution in [0, 0.1) is 11.8 Å². The average Bonchev–Trinajstić information content (AvgIpc) is 3.29. The predicted molar refractivity (Wildman–Crippen MR) is 132 cm³/mol. The van der Waals surface area contributed by atoms with E-state index in [4.69, 9.17) is 4.74 Å². The molecule has 3 aromatic rings. The van der Waals surface area contributed by atoms with Gasteiger partial charge in [-0.2, -0.15) is 8.78 Å². The minimum atomic E-state index is -3.72. The molecule has 0 saturated carbocycles. The van der Waals surface area contributed by atoms with E-state index >= 15 is 0 Å². The number of nitrogens with one attached hydrogen (secondary N) is 3. The molecule has 1 amide bonds. The molecule has 1 saturated heterocycles. The first-order chi connectivity index (χ1) is 17.4. The van der Waals surface area contributed by atoms with E-state index in [-0.39, 0.29) is 29.4 Å². The molecule has 190 valence electrons. The Morgan fingerprint density at radius 2 is 2.03 bits per heavy atom. The van der Waals surface area contributed by atoms with E-state index in [1.54, 1.807) is 30.3 Å². The van der Waals surface area contributed by atoms with Crippen LogP contribution in [0.15, 0.2) is 42.6 Å². The van der Waals surface area contributed by atoms with Gasteiger partial charge in [-0.05, 0) is 54.7 Å². The second kappa shape index (κ2) is 11.5.